The van der Waals surface area contributed by atoms with Gasteiger partial charge in [0.2, 0.25) is 0 Å². The maximum Gasteiger partial charge on any atom is 0.271 e. The fraction of sp³-hybridized carbons (Fsp3) is 0.333. The summed E-state index contributed by atoms with van der Waals surface area (Å²) in [5.41, 5.74) is 2.51. The van der Waals surface area contributed by atoms with Gasteiger partial charge < -0.3 is 10.2 Å². The summed E-state index contributed by atoms with van der Waals surface area (Å²) in [5, 5.41) is 16.9. The number of aryl methyl sites for hydroxylation is 1. The average molecular weight is 351 g/mol. The number of carbonyl (C=O) groups excluding carboxylic acids is 1. The highest BCUT2D eigenvalue weighted by molar-refractivity contribution is 5.92. The molecule has 1 aliphatic rings. The van der Waals surface area contributed by atoms with Crippen LogP contribution in [0.2, 0.25) is 0 Å². The van der Waals surface area contributed by atoms with Gasteiger partial charge in [-0.3, -0.25) is 15.0 Å². The Kier molecular flexibility index (Phi) is 4.39. The van der Waals surface area contributed by atoms with Gasteiger partial charge in [0.15, 0.2) is 5.82 Å². The SMILES string of the molecule is Cc1cc(Nc2cccc([C@@H]3CCCN(C(=O)c4ccn[nH]4)C3)n2)n[nH]1. The third-order valence-electron chi connectivity index (χ3n) is 4.59. The van der Waals surface area contributed by atoms with Gasteiger partial charge >= 0.3 is 0 Å². The smallest absolute Gasteiger partial charge is 0.271 e. The molecule has 8 heteroatoms. The van der Waals surface area contributed by atoms with E-state index in [1.165, 1.54) is 0 Å². The Hall–Kier alpha value is -3.16. The first-order valence-electron chi connectivity index (χ1n) is 8.73. The molecule has 1 saturated heterocycles. The molecule has 0 radical (unpaired) electrons. The molecule has 1 atom stereocenters. The van der Waals surface area contributed by atoms with Crippen LogP contribution in [0.5, 0.6) is 0 Å². The third kappa shape index (κ3) is 3.44. The Balaban J connectivity index is 1.48. The van der Waals surface area contributed by atoms with Gasteiger partial charge in [-0.1, -0.05) is 6.07 Å². The van der Waals surface area contributed by atoms with Crippen LogP contribution in [0.1, 0.15) is 40.6 Å². The molecule has 0 saturated carbocycles. The molecule has 0 aliphatic carbocycles. The molecule has 1 aliphatic heterocycles. The summed E-state index contributed by atoms with van der Waals surface area (Å²) < 4.78 is 0. The van der Waals surface area contributed by atoms with Gasteiger partial charge in [0.1, 0.15) is 11.5 Å². The lowest BCUT2D eigenvalue weighted by Gasteiger charge is -2.32. The van der Waals surface area contributed by atoms with Crippen LogP contribution in [-0.4, -0.2) is 49.3 Å². The van der Waals surface area contributed by atoms with Crippen LogP contribution in [0, 0.1) is 6.92 Å². The highest BCUT2D eigenvalue weighted by Crippen LogP contribution is 2.27. The van der Waals surface area contributed by atoms with E-state index in [0.29, 0.717) is 12.2 Å². The zero-order valence-electron chi connectivity index (χ0n) is 14.6. The zero-order chi connectivity index (χ0) is 17.9. The van der Waals surface area contributed by atoms with Gasteiger partial charge in [-0.2, -0.15) is 10.2 Å². The number of aromatic amines is 2. The van der Waals surface area contributed by atoms with Crippen LogP contribution in [0.3, 0.4) is 0 Å². The topological polar surface area (TPSA) is 103 Å². The normalized spacial score (nSPS) is 17.3. The molecule has 134 valence electrons. The Bertz CT molecular complexity index is 887. The number of H-pyrrole nitrogens is 2. The van der Waals surface area contributed by atoms with Gasteiger partial charge in [-0.05, 0) is 38.0 Å². The molecule has 8 nitrogen and oxygen atoms in total. The molecular weight excluding hydrogens is 330 g/mol. The zero-order valence-corrected chi connectivity index (χ0v) is 14.6. The fourth-order valence-electron chi connectivity index (χ4n) is 3.31. The lowest BCUT2D eigenvalue weighted by molar-refractivity contribution is 0.0700. The lowest BCUT2D eigenvalue weighted by atomic mass is 9.94. The van der Waals surface area contributed by atoms with E-state index in [-0.39, 0.29) is 11.8 Å². The van der Waals surface area contributed by atoms with Crippen molar-refractivity contribution in [2.75, 3.05) is 18.4 Å². The summed E-state index contributed by atoms with van der Waals surface area (Å²) in [6.45, 7) is 3.38. The minimum Gasteiger partial charge on any atom is -0.337 e. The number of hydrogen-bond donors (Lipinski definition) is 3. The fourth-order valence-corrected chi connectivity index (χ4v) is 3.31. The van der Waals surface area contributed by atoms with Crippen LogP contribution in [0.4, 0.5) is 11.6 Å². The first-order valence-corrected chi connectivity index (χ1v) is 8.73. The predicted molar refractivity (Wildman–Crippen MR) is 97.3 cm³/mol. The van der Waals surface area contributed by atoms with E-state index in [0.717, 1.165) is 42.4 Å². The highest BCUT2D eigenvalue weighted by Gasteiger charge is 2.27. The van der Waals surface area contributed by atoms with Crippen molar-refractivity contribution in [1.29, 1.82) is 0 Å². The van der Waals surface area contributed by atoms with Crippen LogP contribution >= 0.6 is 0 Å². The summed E-state index contributed by atoms with van der Waals surface area (Å²) in [7, 11) is 0. The second kappa shape index (κ2) is 6.99. The number of amides is 1. The van der Waals surface area contributed by atoms with E-state index >= 15 is 0 Å². The van der Waals surface area contributed by atoms with Gasteiger partial charge in [0.05, 0.1) is 0 Å². The van der Waals surface area contributed by atoms with Gasteiger partial charge in [0.25, 0.3) is 5.91 Å². The first kappa shape index (κ1) is 16.3. The summed E-state index contributed by atoms with van der Waals surface area (Å²) in [6, 6.07) is 9.57. The standard InChI is InChI=1S/C18H21N7O/c1-12-10-17(24-22-12)21-16-6-2-5-14(20-16)13-4-3-9-25(11-13)18(26)15-7-8-19-23-15/h2,5-8,10,13H,3-4,9,11H2,1H3,(H,19,23)(H2,20,21,22,24)/t13-/m1/s1. The number of carbonyl (C=O) groups is 1. The number of aromatic nitrogens is 5. The molecule has 0 aromatic carbocycles. The van der Waals surface area contributed by atoms with Crippen molar-refractivity contribution in [2.45, 2.75) is 25.7 Å². The van der Waals surface area contributed by atoms with Gasteiger partial charge in [-0.15, -0.1) is 0 Å². The Labute approximate surface area is 151 Å². The molecule has 3 N–H and O–H groups in total. The van der Waals surface area contributed by atoms with Gasteiger partial charge in [-0.25, -0.2) is 4.98 Å². The van der Waals surface area contributed by atoms with E-state index in [4.69, 9.17) is 4.98 Å². The van der Waals surface area contributed by atoms with Crippen molar-refractivity contribution < 1.29 is 4.79 Å². The molecule has 1 amide bonds. The van der Waals surface area contributed by atoms with E-state index in [9.17, 15) is 4.79 Å². The lowest BCUT2D eigenvalue weighted by Crippen LogP contribution is -2.39. The van der Waals surface area contributed by atoms with Crippen LogP contribution in [0.25, 0.3) is 0 Å². The largest absolute Gasteiger partial charge is 0.337 e. The second-order valence-corrected chi connectivity index (χ2v) is 6.57. The summed E-state index contributed by atoms with van der Waals surface area (Å²) in [4.78, 5) is 19.2. The second-order valence-electron chi connectivity index (χ2n) is 6.57. The maximum absolute atomic E-state index is 12.6. The van der Waals surface area contributed by atoms with Crippen LogP contribution < -0.4 is 5.32 Å². The van der Waals surface area contributed by atoms with E-state index < -0.39 is 0 Å². The van der Waals surface area contributed by atoms with E-state index in [1.807, 2.05) is 36.1 Å². The third-order valence-corrected chi connectivity index (χ3v) is 4.59. The number of anilines is 2. The van der Waals surface area contributed by atoms with Crippen molar-refractivity contribution >= 4 is 17.5 Å². The summed E-state index contributed by atoms with van der Waals surface area (Å²) in [5.74, 6) is 1.71. The highest BCUT2D eigenvalue weighted by atomic mass is 16.2. The molecule has 0 bridgehead atoms. The minimum atomic E-state index is -0.00604. The average Bonchev–Trinajstić information content (AvgIpc) is 3.33. The predicted octanol–water partition coefficient (Wildman–Crippen LogP) is 2.60. The molecule has 0 spiro atoms. The van der Waals surface area contributed by atoms with Crippen molar-refractivity contribution in [2.24, 2.45) is 0 Å². The number of piperidine rings is 1. The number of pyridine rings is 1. The molecular formula is C18H21N7O. The molecule has 3 aromatic rings. The quantitative estimate of drug-likeness (QED) is 0.670. The van der Waals surface area contributed by atoms with Crippen LogP contribution in [-0.2, 0) is 0 Å². The van der Waals surface area contributed by atoms with Crippen molar-refractivity contribution in [1.82, 2.24) is 30.3 Å². The molecule has 3 aromatic heterocycles. The Morgan fingerprint density at radius 3 is 2.96 bits per heavy atom. The summed E-state index contributed by atoms with van der Waals surface area (Å²) in [6.07, 6.45) is 3.58. The summed E-state index contributed by atoms with van der Waals surface area (Å²) >= 11 is 0. The molecule has 4 rings (SSSR count). The van der Waals surface area contributed by atoms with Crippen molar-refractivity contribution in [3.05, 3.63) is 53.6 Å². The van der Waals surface area contributed by atoms with Crippen molar-refractivity contribution in [3.63, 3.8) is 0 Å². The number of nitrogens with one attached hydrogen (secondary N) is 3. The number of nitrogens with zero attached hydrogens (tertiary/aromatic N) is 4. The minimum absolute atomic E-state index is 0.00604. The van der Waals surface area contributed by atoms with E-state index in [2.05, 4.69) is 25.7 Å². The molecule has 26 heavy (non-hydrogen) atoms. The van der Waals surface area contributed by atoms with Crippen molar-refractivity contribution in [3.8, 4) is 0 Å². The Morgan fingerprint density at radius 2 is 2.19 bits per heavy atom. The monoisotopic (exact) mass is 351 g/mol. The number of rotatable bonds is 4. The maximum atomic E-state index is 12.6. The Morgan fingerprint density at radius 1 is 1.27 bits per heavy atom. The number of hydrogen-bond acceptors (Lipinski definition) is 5. The molecule has 4 heterocycles. The van der Waals surface area contributed by atoms with E-state index in [1.54, 1.807) is 12.3 Å². The molecule has 0 unspecified atom stereocenters. The van der Waals surface area contributed by atoms with Gasteiger partial charge in [0, 0.05) is 42.7 Å². The first-order chi connectivity index (χ1) is 12.7. The van der Waals surface area contributed by atoms with Crippen LogP contribution in [0.15, 0.2) is 36.5 Å². The molecule has 1 fully saturated rings. The number of likely N-dealkylation sites (tertiary alicyclic amines) is 1.